The fraction of sp³-hybridized carbons (Fsp3) is 0.400. The molecule has 0 bridgehead atoms. The van der Waals surface area contributed by atoms with Gasteiger partial charge in [-0.05, 0) is 29.0 Å². The zero-order chi connectivity index (χ0) is 17.0. The van der Waals surface area contributed by atoms with Crippen molar-refractivity contribution in [3.63, 3.8) is 0 Å². The first-order chi connectivity index (χ1) is 10.6. The number of hydrogen-bond donors (Lipinski definition) is 0. The van der Waals surface area contributed by atoms with Gasteiger partial charge in [-0.3, -0.25) is 4.79 Å². The van der Waals surface area contributed by atoms with Gasteiger partial charge >= 0.3 is 0 Å². The number of benzene rings is 2. The zero-order valence-electron chi connectivity index (χ0n) is 14.7. The van der Waals surface area contributed by atoms with Gasteiger partial charge in [0.15, 0.2) is 5.43 Å². The second kappa shape index (κ2) is 5.13. The molecule has 0 atom stereocenters. The predicted octanol–water partition coefficient (Wildman–Crippen LogP) is 5.36. The summed E-state index contributed by atoms with van der Waals surface area (Å²) in [5.74, 6) is 0. The van der Waals surface area contributed by atoms with Gasteiger partial charge in [0.05, 0.1) is 20.8 Å². The minimum Gasteiger partial charge on any atom is -0.289 e. The fourth-order valence-electron chi connectivity index (χ4n) is 2.93. The topological polar surface area (TPSA) is 30.0 Å². The Morgan fingerprint density at radius 3 is 2.22 bits per heavy atom. The summed E-state index contributed by atoms with van der Waals surface area (Å²) >= 11 is 1.68. The van der Waals surface area contributed by atoms with E-state index >= 15 is 0 Å². The van der Waals surface area contributed by atoms with E-state index in [0.717, 1.165) is 31.9 Å². The molecular weight excluding hydrogens is 302 g/mol. The highest BCUT2D eigenvalue weighted by molar-refractivity contribution is 7.21. The summed E-state index contributed by atoms with van der Waals surface area (Å²) in [5.41, 5.74) is 3.44. The van der Waals surface area contributed by atoms with Gasteiger partial charge < -0.3 is 0 Å². The van der Waals surface area contributed by atoms with Gasteiger partial charge in [-0.15, -0.1) is 11.3 Å². The molecule has 0 saturated heterocycles. The van der Waals surface area contributed by atoms with Crippen LogP contribution in [0.3, 0.4) is 0 Å². The van der Waals surface area contributed by atoms with Gasteiger partial charge in [-0.2, -0.15) is 0 Å². The molecule has 1 aliphatic heterocycles. The lowest BCUT2D eigenvalue weighted by Gasteiger charge is -2.27. The SMILES string of the molecule is CC(C)(C)c1cc2nc3ccccc3sc-2c(C(C)(C)C)c1=O. The van der Waals surface area contributed by atoms with Crippen molar-refractivity contribution in [3.05, 3.63) is 51.7 Å². The molecule has 0 radical (unpaired) electrons. The third-order valence-corrected chi connectivity index (χ3v) is 5.27. The molecule has 0 spiro atoms. The minimum atomic E-state index is -0.211. The van der Waals surface area contributed by atoms with Crippen LogP contribution in [0.15, 0.2) is 35.1 Å². The molecule has 1 heterocycles. The van der Waals surface area contributed by atoms with E-state index in [9.17, 15) is 4.79 Å². The second-order valence-electron chi connectivity index (χ2n) is 8.16. The van der Waals surface area contributed by atoms with Gasteiger partial charge in [-0.1, -0.05) is 53.7 Å². The lowest BCUT2D eigenvalue weighted by atomic mass is 9.78. The molecule has 23 heavy (non-hydrogen) atoms. The maximum absolute atomic E-state index is 13.2. The van der Waals surface area contributed by atoms with Crippen molar-refractivity contribution < 1.29 is 0 Å². The number of para-hydroxylation sites is 1. The van der Waals surface area contributed by atoms with E-state index in [1.807, 2.05) is 24.3 Å². The number of hydrogen-bond acceptors (Lipinski definition) is 3. The maximum Gasteiger partial charge on any atom is 0.187 e. The van der Waals surface area contributed by atoms with Crippen LogP contribution in [-0.2, 0) is 10.8 Å². The first-order valence-electron chi connectivity index (χ1n) is 7.96. The van der Waals surface area contributed by atoms with Crippen LogP contribution in [0.1, 0.15) is 52.7 Å². The lowest BCUT2D eigenvalue weighted by molar-refractivity contribution is 0.561. The van der Waals surface area contributed by atoms with Gasteiger partial charge in [0.2, 0.25) is 0 Å². The largest absolute Gasteiger partial charge is 0.289 e. The lowest BCUT2D eigenvalue weighted by Crippen LogP contribution is -2.31. The summed E-state index contributed by atoms with van der Waals surface area (Å²) in [6, 6.07) is 10.1. The Labute approximate surface area is 141 Å². The number of fused-ring (bicyclic) bond motifs is 2. The van der Waals surface area contributed by atoms with Crippen LogP contribution < -0.4 is 5.43 Å². The van der Waals surface area contributed by atoms with Crippen LogP contribution in [0.4, 0.5) is 0 Å². The van der Waals surface area contributed by atoms with E-state index in [1.165, 1.54) is 0 Å². The Kier molecular flexibility index (Phi) is 3.60. The van der Waals surface area contributed by atoms with Crippen LogP contribution in [0.25, 0.3) is 20.8 Å². The van der Waals surface area contributed by atoms with E-state index in [0.29, 0.717) is 0 Å². The summed E-state index contributed by atoms with van der Waals surface area (Å²) in [6.45, 7) is 12.6. The Balaban J connectivity index is 2.53. The average molecular weight is 325 g/mol. The highest BCUT2D eigenvalue weighted by atomic mass is 32.1. The van der Waals surface area contributed by atoms with Crippen molar-refractivity contribution in [2.24, 2.45) is 0 Å². The van der Waals surface area contributed by atoms with Crippen LogP contribution in [0.5, 0.6) is 0 Å². The molecule has 0 N–H and O–H groups in total. The first kappa shape index (κ1) is 16.1. The normalized spacial score (nSPS) is 13.0. The monoisotopic (exact) mass is 325 g/mol. The Morgan fingerprint density at radius 1 is 0.957 bits per heavy atom. The van der Waals surface area contributed by atoms with E-state index in [4.69, 9.17) is 4.98 Å². The number of aromatic nitrogens is 1. The molecule has 2 nitrogen and oxygen atoms in total. The molecule has 0 fully saturated rings. The first-order valence-corrected chi connectivity index (χ1v) is 8.78. The molecule has 0 saturated carbocycles. The van der Waals surface area contributed by atoms with Crippen molar-refractivity contribution in [1.29, 1.82) is 0 Å². The molecule has 0 amide bonds. The van der Waals surface area contributed by atoms with Gasteiger partial charge in [0.25, 0.3) is 0 Å². The molecule has 120 valence electrons. The predicted molar refractivity (Wildman–Crippen MR) is 99.9 cm³/mol. The number of nitrogens with zero attached hydrogens (tertiary/aromatic N) is 1. The van der Waals surface area contributed by atoms with Crippen molar-refractivity contribution in [2.45, 2.75) is 52.4 Å². The minimum absolute atomic E-state index is 0.172. The van der Waals surface area contributed by atoms with Crippen LogP contribution >= 0.6 is 11.3 Å². The second-order valence-corrected chi connectivity index (χ2v) is 9.21. The van der Waals surface area contributed by atoms with Crippen molar-refractivity contribution in [1.82, 2.24) is 4.98 Å². The molecule has 1 aliphatic carbocycles. The highest BCUT2D eigenvalue weighted by Crippen LogP contribution is 2.39. The van der Waals surface area contributed by atoms with E-state index in [2.05, 4.69) is 47.6 Å². The summed E-state index contributed by atoms with van der Waals surface area (Å²) in [5, 5.41) is 0. The summed E-state index contributed by atoms with van der Waals surface area (Å²) in [4.78, 5) is 19.1. The highest BCUT2D eigenvalue weighted by Gasteiger charge is 2.30. The molecule has 0 aromatic heterocycles. The van der Waals surface area contributed by atoms with Crippen molar-refractivity contribution in [3.8, 4) is 10.6 Å². The Bertz CT molecular complexity index is 910. The van der Waals surface area contributed by atoms with Crippen LogP contribution in [-0.4, -0.2) is 4.98 Å². The average Bonchev–Trinajstić information content (AvgIpc) is 2.41. The summed E-state index contributed by atoms with van der Waals surface area (Å²) in [6.07, 6.45) is 0. The molecule has 1 aromatic carbocycles. The van der Waals surface area contributed by atoms with E-state index in [-0.39, 0.29) is 16.3 Å². The molecule has 3 rings (SSSR count). The number of rotatable bonds is 0. The standard InChI is InChI=1S/C20H23NOS/c1-19(2,3)12-11-14-18(16(17(12)22)20(4,5)6)23-15-10-8-7-9-13(15)21-14/h7-11H,1-6H3. The quantitative estimate of drug-likeness (QED) is 0.521. The Morgan fingerprint density at radius 2 is 1.61 bits per heavy atom. The van der Waals surface area contributed by atoms with Crippen molar-refractivity contribution >= 4 is 21.6 Å². The van der Waals surface area contributed by atoms with Gasteiger partial charge in [0, 0.05) is 11.1 Å². The zero-order valence-corrected chi connectivity index (χ0v) is 15.5. The van der Waals surface area contributed by atoms with Crippen molar-refractivity contribution in [2.75, 3.05) is 0 Å². The molecular formula is C20H23NOS. The van der Waals surface area contributed by atoms with Crippen LogP contribution in [0.2, 0.25) is 0 Å². The molecule has 3 heteroatoms. The maximum atomic E-state index is 13.2. The third-order valence-electron chi connectivity index (χ3n) is 4.09. The molecule has 1 aromatic rings. The van der Waals surface area contributed by atoms with Gasteiger partial charge in [0.1, 0.15) is 0 Å². The van der Waals surface area contributed by atoms with Crippen LogP contribution in [0, 0.1) is 0 Å². The van der Waals surface area contributed by atoms with E-state index < -0.39 is 0 Å². The van der Waals surface area contributed by atoms with Gasteiger partial charge in [-0.25, -0.2) is 4.98 Å². The third kappa shape index (κ3) is 2.78. The molecule has 2 aliphatic rings. The smallest absolute Gasteiger partial charge is 0.187 e. The van der Waals surface area contributed by atoms with E-state index in [1.54, 1.807) is 11.3 Å². The Hall–Kier alpha value is -1.74. The summed E-state index contributed by atoms with van der Waals surface area (Å²) in [7, 11) is 0. The molecule has 0 unspecified atom stereocenters. The summed E-state index contributed by atoms with van der Waals surface area (Å²) < 4.78 is 1.12. The fourth-order valence-corrected chi connectivity index (χ4v) is 4.23.